The number of imidazole rings is 1. The van der Waals surface area contributed by atoms with Crippen LogP contribution in [0.5, 0.6) is 0 Å². The van der Waals surface area contributed by atoms with Gasteiger partial charge < -0.3 is 4.90 Å². The summed E-state index contributed by atoms with van der Waals surface area (Å²) >= 11 is 0. The van der Waals surface area contributed by atoms with Crippen LogP contribution in [0.3, 0.4) is 0 Å². The molecule has 0 N–H and O–H groups in total. The number of hydrogen-bond donors (Lipinski definition) is 0. The smallest absolute Gasteiger partial charge is 0.275 e. The van der Waals surface area contributed by atoms with Crippen molar-refractivity contribution in [2.45, 2.75) is 13.5 Å². The second-order valence-electron chi connectivity index (χ2n) is 7.38. The maximum Gasteiger partial charge on any atom is 0.275 e. The molecule has 5 rings (SSSR count). The molecule has 5 aromatic rings. The fraction of sp³-hybridized carbons (Fsp3) is 0.120. The van der Waals surface area contributed by atoms with Gasteiger partial charge in [-0.15, -0.1) is 0 Å². The van der Waals surface area contributed by atoms with Crippen LogP contribution < -0.4 is 0 Å². The Balaban J connectivity index is 1.59. The highest BCUT2D eigenvalue weighted by molar-refractivity contribution is 5.99. The van der Waals surface area contributed by atoms with Crippen LogP contribution in [0.4, 0.5) is 0 Å². The first-order chi connectivity index (χ1) is 15.8. The van der Waals surface area contributed by atoms with Crippen molar-refractivity contribution in [3.63, 3.8) is 0 Å². The quantitative estimate of drug-likeness (QED) is 0.410. The van der Waals surface area contributed by atoms with Crippen LogP contribution in [0, 0.1) is 0 Å². The Morgan fingerprint density at radius 2 is 1.72 bits per heavy atom. The molecule has 3 aromatic heterocycles. The molecule has 0 fully saturated rings. The van der Waals surface area contributed by atoms with Crippen LogP contribution in [0.2, 0.25) is 0 Å². The minimum absolute atomic E-state index is 0.126. The summed E-state index contributed by atoms with van der Waals surface area (Å²) in [5, 5.41) is 4.48. The molecular weight excluding hydrogens is 400 g/mol. The summed E-state index contributed by atoms with van der Waals surface area (Å²) in [7, 11) is 0. The van der Waals surface area contributed by atoms with Gasteiger partial charge in [-0.1, -0.05) is 48.5 Å². The Hall–Kier alpha value is -4.26. The highest BCUT2D eigenvalue weighted by Crippen LogP contribution is 2.25. The van der Waals surface area contributed by atoms with E-state index in [0.29, 0.717) is 30.1 Å². The molecule has 158 valence electrons. The predicted octanol–water partition coefficient (Wildman–Crippen LogP) is 4.24. The molecule has 7 heteroatoms. The van der Waals surface area contributed by atoms with E-state index in [-0.39, 0.29) is 5.91 Å². The van der Waals surface area contributed by atoms with E-state index >= 15 is 0 Å². The van der Waals surface area contributed by atoms with Gasteiger partial charge in [0, 0.05) is 25.5 Å². The molecule has 0 bridgehead atoms. The van der Waals surface area contributed by atoms with E-state index < -0.39 is 0 Å². The summed E-state index contributed by atoms with van der Waals surface area (Å²) in [4.78, 5) is 24.4. The molecule has 0 unspecified atom stereocenters. The molecule has 7 nitrogen and oxygen atoms in total. The first-order valence-corrected chi connectivity index (χ1v) is 10.5. The van der Waals surface area contributed by atoms with Crippen molar-refractivity contribution >= 4 is 11.4 Å². The molecule has 0 saturated carbocycles. The molecule has 0 spiro atoms. The molecule has 0 atom stereocenters. The molecule has 0 aliphatic rings. The predicted molar refractivity (Wildman–Crippen MR) is 122 cm³/mol. The van der Waals surface area contributed by atoms with Crippen LogP contribution in [-0.2, 0) is 6.54 Å². The van der Waals surface area contributed by atoms with Gasteiger partial charge in [0.15, 0.2) is 11.5 Å². The van der Waals surface area contributed by atoms with Crippen LogP contribution >= 0.6 is 0 Å². The summed E-state index contributed by atoms with van der Waals surface area (Å²) in [6.07, 6.45) is 6.94. The van der Waals surface area contributed by atoms with E-state index in [1.54, 1.807) is 23.5 Å². The molecule has 1 amide bonds. The Kier molecular flexibility index (Phi) is 5.21. The van der Waals surface area contributed by atoms with Gasteiger partial charge >= 0.3 is 0 Å². The topological polar surface area (TPSA) is 68.3 Å². The number of aromatic nitrogens is 5. The highest BCUT2D eigenvalue weighted by Gasteiger charge is 2.24. The monoisotopic (exact) mass is 422 g/mol. The zero-order chi connectivity index (χ0) is 21.9. The van der Waals surface area contributed by atoms with Crippen molar-refractivity contribution in [3.05, 3.63) is 103 Å². The Morgan fingerprint density at radius 3 is 2.47 bits per heavy atom. The summed E-state index contributed by atoms with van der Waals surface area (Å²) < 4.78 is 3.72. The second kappa shape index (κ2) is 8.47. The SMILES string of the molecule is CCN(Cc1ccccc1)C(=O)c1nc(-c2ccnn2-c2ccccc2)n2ccncc12. The first kappa shape index (κ1) is 19.7. The Bertz CT molecular complexity index is 1360. The molecular formula is C25H22N6O. The van der Waals surface area contributed by atoms with Crippen molar-refractivity contribution in [1.82, 2.24) is 29.0 Å². The van der Waals surface area contributed by atoms with Crippen LogP contribution in [0.25, 0.3) is 22.7 Å². The maximum absolute atomic E-state index is 13.5. The molecule has 2 aromatic carbocycles. The van der Waals surface area contributed by atoms with Crippen LogP contribution in [-0.4, -0.2) is 41.5 Å². The van der Waals surface area contributed by atoms with Gasteiger partial charge in [0.1, 0.15) is 5.69 Å². The summed E-state index contributed by atoms with van der Waals surface area (Å²) in [6, 6.07) is 21.7. The molecule has 0 radical (unpaired) electrons. The molecule has 0 aliphatic carbocycles. The lowest BCUT2D eigenvalue weighted by atomic mass is 10.2. The Labute approximate surface area is 185 Å². The van der Waals surface area contributed by atoms with Gasteiger partial charge in [0.25, 0.3) is 5.91 Å². The van der Waals surface area contributed by atoms with Crippen molar-refractivity contribution < 1.29 is 4.79 Å². The van der Waals surface area contributed by atoms with Crippen molar-refractivity contribution in [2.24, 2.45) is 0 Å². The Morgan fingerprint density at radius 1 is 0.969 bits per heavy atom. The number of hydrogen-bond acceptors (Lipinski definition) is 4. The second-order valence-corrected chi connectivity index (χ2v) is 7.38. The van der Waals surface area contributed by atoms with E-state index in [1.807, 2.05) is 88.9 Å². The van der Waals surface area contributed by atoms with Crippen molar-refractivity contribution in [2.75, 3.05) is 6.54 Å². The highest BCUT2D eigenvalue weighted by atomic mass is 16.2. The summed E-state index contributed by atoms with van der Waals surface area (Å²) in [5.41, 5.74) is 3.84. The number of amides is 1. The third-order valence-electron chi connectivity index (χ3n) is 5.41. The molecule has 32 heavy (non-hydrogen) atoms. The summed E-state index contributed by atoms with van der Waals surface area (Å²) in [6.45, 7) is 3.07. The van der Waals surface area contributed by atoms with Crippen molar-refractivity contribution in [3.8, 4) is 17.2 Å². The van der Waals surface area contributed by atoms with Crippen LogP contribution in [0.1, 0.15) is 23.0 Å². The van der Waals surface area contributed by atoms with Crippen molar-refractivity contribution in [1.29, 1.82) is 0 Å². The number of rotatable bonds is 6. The van der Waals surface area contributed by atoms with E-state index in [0.717, 1.165) is 16.9 Å². The fourth-order valence-electron chi connectivity index (χ4n) is 3.80. The normalized spacial score (nSPS) is 11.0. The summed E-state index contributed by atoms with van der Waals surface area (Å²) in [5.74, 6) is 0.516. The fourth-order valence-corrected chi connectivity index (χ4v) is 3.80. The zero-order valence-corrected chi connectivity index (χ0v) is 17.7. The third kappa shape index (κ3) is 3.54. The lowest BCUT2D eigenvalue weighted by molar-refractivity contribution is 0.0749. The van der Waals surface area contributed by atoms with E-state index in [4.69, 9.17) is 4.98 Å². The number of para-hydroxylation sites is 1. The molecule has 0 aliphatic heterocycles. The number of carbonyl (C=O) groups excluding carboxylic acids is 1. The van der Waals surface area contributed by atoms with E-state index in [9.17, 15) is 4.79 Å². The minimum atomic E-state index is -0.126. The third-order valence-corrected chi connectivity index (χ3v) is 5.41. The lowest BCUT2D eigenvalue weighted by Gasteiger charge is -2.20. The minimum Gasteiger partial charge on any atom is -0.333 e. The maximum atomic E-state index is 13.5. The average molecular weight is 422 g/mol. The van der Waals surface area contributed by atoms with Gasteiger partial charge in [-0.25, -0.2) is 9.67 Å². The molecule has 3 heterocycles. The standard InChI is InChI=1S/C25H22N6O/c1-2-29(18-19-9-5-3-6-10-19)25(32)23-22-17-26-15-16-30(22)24(28-23)21-13-14-27-31(21)20-11-7-4-8-12-20/h3-17H,2,18H2,1H3. The zero-order valence-electron chi connectivity index (χ0n) is 17.7. The molecule has 0 saturated heterocycles. The van der Waals surface area contributed by atoms with Gasteiger partial charge in [-0.3, -0.25) is 14.2 Å². The van der Waals surface area contributed by atoms with Gasteiger partial charge in [-0.05, 0) is 30.7 Å². The first-order valence-electron chi connectivity index (χ1n) is 10.5. The number of carbonyl (C=O) groups is 1. The lowest BCUT2D eigenvalue weighted by Crippen LogP contribution is -2.30. The average Bonchev–Trinajstić information content (AvgIpc) is 3.48. The van der Waals surface area contributed by atoms with Gasteiger partial charge in [-0.2, -0.15) is 5.10 Å². The van der Waals surface area contributed by atoms with E-state index in [1.165, 1.54) is 0 Å². The van der Waals surface area contributed by atoms with Gasteiger partial charge in [0.2, 0.25) is 0 Å². The largest absolute Gasteiger partial charge is 0.333 e. The number of nitrogens with zero attached hydrogens (tertiary/aromatic N) is 6. The number of fused-ring (bicyclic) bond motifs is 1. The number of benzene rings is 2. The van der Waals surface area contributed by atoms with E-state index in [2.05, 4.69) is 10.1 Å². The van der Waals surface area contributed by atoms with Crippen LogP contribution in [0.15, 0.2) is 91.5 Å². The van der Waals surface area contributed by atoms with Gasteiger partial charge in [0.05, 0.1) is 23.6 Å².